The van der Waals surface area contributed by atoms with Gasteiger partial charge in [-0.05, 0) is 16.7 Å². The average Bonchev–Trinajstić information content (AvgIpc) is 2.91. The van der Waals surface area contributed by atoms with Crippen molar-refractivity contribution in [2.75, 3.05) is 0 Å². The lowest BCUT2D eigenvalue weighted by atomic mass is 10.1. The molecular weight excluding hydrogens is 460 g/mol. The van der Waals surface area contributed by atoms with Crippen molar-refractivity contribution in [3.05, 3.63) is 113 Å². The number of amides is 2. The van der Waals surface area contributed by atoms with Gasteiger partial charge in [0, 0.05) is 6.42 Å². The molecule has 0 aliphatic rings. The number of alkyl carbamates (subject to hydrolysis) is 1. The van der Waals surface area contributed by atoms with E-state index in [-0.39, 0.29) is 19.6 Å². The molecular formula is C27H26N4O5. The molecule has 0 fully saturated rings. The number of hydrogen-bond acceptors (Lipinski definition) is 5. The maximum Gasteiger partial charge on any atom is 0.408 e. The van der Waals surface area contributed by atoms with Gasteiger partial charge >= 0.3 is 12.3 Å². The van der Waals surface area contributed by atoms with Crippen LogP contribution in [-0.2, 0) is 38.7 Å². The SMILES string of the molecule is [N-]=[N+]=CC(=O)[C@H](NC(=O)[C@H](Cc1ccccc1)NC(=O)OCc1ccccc1)OCc1ccccc1. The van der Waals surface area contributed by atoms with Crippen LogP contribution in [0.4, 0.5) is 4.79 Å². The van der Waals surface area contributed by atoms with Crippen molar-refractivity contribution in [3.63, 3.8) is 0 Å². The summed E-state index contributed by atoms with van der Waals surface area (Å²) in [5, 5.41) is 5.05. The van der Waals surface area contributed by atoms with E-state index in [2.05, 4.69) is 15.4 Å². The van der Waals surface area contributed by atoms with E-state index >= 15 is 0 Å². The molecule has 0 saturated carbocycles. The summed E-state index contributed by atoms with van der Waals surface area (Å²) < 4.78 is 10.9. The number of hydrogen-bond donors (Lipinski definition) is 2. The van der Waals surface area contributed by atoms with Crippen molar-refractivity contribution in [3.8, 4) is 0 Å². The summed E-state index contributed by atoms with van der Waals surface area (Å²) in [7, 11) is 0. The largest absolute Gasteiger partial charge is 0.445 e. The minimum atomic E-state index is -1.44. The van der Waals surface area contributed by atoms with Crippen LogP contribution in [0, 0.1) is 0 Å². The van der Waals surface area contributed by atoms with E-state index in [0.717, 1.165) is 16.7 Å². The molecule has 0 bridgehead atoms. The molecule has 0 aliphatic heterocycles. The topological polar surface area (TPSA) is 130 Å². The number of nitrogens with one attached hydrogen (secondary N) is 2. The van der Waals surface area contributed by atoms with Crippen LogP contribution in [0.2, 0.25) is 0 Å². The first kappa shape index (κ1) is 26.0. The number of carbonyl (C=O) groups excluding carboxylic acids is 3. The van der Waals surface area contributed by atoms with E-state index in [4.69, 9.17) is 15.0 Å². The second-order valence-electron chi connectivity index (χ2n) is 7.78. The van der Waals surface area contributed by atoms with Gasteiger partial charge in [-0.25, -0.2) is 4.79 Å². The predicted molar refractivity (Wildman–Crippen MR) is 132 cm³/mol. The normalized spacial score (nSPS) is 11.9. The van der Waals surface area contributed by atoms with Gasteiger partial charge in [0.1, 0.15) is 12.6 Å². The molecule has 184 valence electrons. The Morgan fingerprint density at radius 1 is 0.778 bits per heavy atom. The summed E-state index contributed by atoms with van der Waals surface area (Å²) in [5.41, 5.74) is 11.1. The summed E-state index contributed by atoms with van der Waals surface area (Å²) in [6, 6.07) is 26.2. The highest BCUT2D eigenvalue weighted by Crippen LogP contribution is 2.07. The Labute approximate surface area is 208 Å². The van der Waals surface area contributed by atoms with Crippen LogP contribution in [0.3, 0.4) is 0 Å². The lowest BCUT2D eigenvalue weighted by Crippen LogP contribution is -2.53. The standard InChI is InChI=1S/C27H26N4O5/c28-29-17-24(32)26(35-18-21-12-6-2-7-13-21)31-25(33)23(16-20-10-4-1-5-11-20)30-27(34)36-19-22-14-8-3-9-15-22/h1-15,17,23,26H,16,18-19H2,(H,30,34)(H,31,33)/t23-,26+/m0/s1. The maximum atomic E-state index is 13.2. The summed E-state index contributed by atoms with van der Waals surface area (Å²) in [4.78, 5) is 40.8. The first-order valence-electron chi connectivity index (χ1n) is 11.2. The summed E-state index contributed by atoms with van der Waals surface area (Å²) in [5.74, 6) is -1.44. The molecule has 0 unspecified atom stereocenters. The fourth-order valence-electron chi connectivity index (χ4n) is 3.27. The number of rotatable bonds is 12. The molecule has 3 aromatic carbocycles. The van der Waals surface area contributed by atoms with E-state index in [1.54, 1.807) is 12.1 Å². The van der Waals surface area contributed by atoms with Gasteiger partial charge in [0.25, 0.3) is 5.78 Å². The zero-order valence-electron chi connectivity index (χ0n) is 19.4. The third-order valence-electron chi connectivity index (χ3n) is 5.08. The fraction of sp³-hybridized carbons (Fsp3) is 0.185. The van der Waals surface area contributed by atoms with E-state index in [0.29, 0.717) is 6.21 Å². The van der Waals surface area contributed by atoms with Crippen molar-refractivity contribution in [2.45, 2.75) is 31.9 Å². The van der Waals surface area contributed by atoms with Crippen LogP contribution in [0.15, 0.2) is 91.0 Å². The first-order chi connectivity index (χ1) is 17.5. The van der Waals surface area contributed by atoms with Gasteiger partial charge in [-0.2, -0.15) is 4.79 Å². The third kappa shape index (κ3) is 8.64. The highest BCUT2D eigenvalue weighted by atomic mass is 16.5. The highest BCUT2D eigenvalue weighted by molar-refractivity contribution is 6.27. The molecule has 9 heteroatoms. The van der Waals surface area contributed by atoms with Crippen molar-refractivity contribution in [2.24, 2.45) is 0 Å². The minimum Gasteiger partial charge on any atom is -0.445 e. The van der Waals surface area contributed by atoms with Crippen LogP contribution in [0.1, 0.15) is 16.7 Å². The average molecular weight is 487 g/mol. The summed E-state index contributed by atoms with van der Waals surface area (Å²) in [6.07, 6.45) is -1.45. The van der Waals surface area contributed by atoms with E-state index in [9.17, 15) is 14.4 Å². The lowest BCUT2D eigenvalue weighted by Gasteiger charge is -2.22. The number of benzene rings is 3. The smallest absolute Gasteiger partial charge is 0.408 e. The molecule has 2 amide bonds. The molecule has 9 nitrogen and oxygen atoms in total. The van der Waals surface area contributed by atoms with Gasteiger partial charge in [-0.15, -0.1) is 0 Å². The van der Waals surface area contributed by atoms with Crippen LogP contribution in [0.5, 0.6) is 0 Å². The molecule has 3 rings (SSSR count). The second-order valence-corrected chi connectivity index (χ2v) is 7.78. The second kappa shape index (κ2) is 14.0. The molecule has 0 saturated heterocycles. The monoisotopic (exact) mass is 486 g/mol. The Hall–Kier alpha value is -4.59. The van der Waals surface area contributed by atoms with Crippen molar-refractivity contribution in [1.82, 2.24) is 10.6 Å². The van der Waals surface area contributed by atoms with Crippen LogP contribution < -0.4 is 10.6 Å². The van der Waals surface area contributed by atoms with Gasteiger partial charge in [0.2, 0.25) is 12.1 Å². The Morgan fingerprint density at radius 2 is 1.31 bits per heavy atom. The Kier molecular flexibility index (Phi) is 10.1. The maximum absolute atomic E-state index is 13.2. The Morgan fingerprint density at radius 3 is 1.86 bits per heavy atom. The molecule has 0 heterocycles. The minimum absolute atomic E-state index is 0.0205. The number of ketones is 1. The molecule has 36 heavy (non-hydrogen) atoms. The number of Topliss-reactive ketones (excluding diaryl/α,β-unsaturated/α-hetero) is 1. The fourth-order valence-corrected chi connectivity index (χ4v) is 3.27. The highest BCUT2D eigenvalue weighted by Gasteiger charge is 2.29. The summed E-state index contributed by atoms with van der Waals surface area (Å²) >= 11 is 0. The zero-order valence-corrected chi connectivity index (χ0v) is 19.4. The third-order valence-corrected chi connectivity index (χ3v) is 5.08. The lowest BCUT2D eigenvalue weighted by molar-refractivity contribution is -0.138. The zero-order chi connectivity index (χ0) is 25.6. The quantitative estimate of drug-likeness (QED) is 0.176. The molecule has 0 spiro atoms. The van der Waals surface area contributed by atoms with Crippen LogP contribution >= 0.6 is 0 Å². The molecule has 0 radical (unpaired) electrons. The molecule has 0 aromatic heterocycles. The van der Waals surface area contributed by atoms with Gasteiger partial charge in [-0.1, -0.05) is 91.0 Å². The van der Waals surface area contributed by atoms with E-state index < -0.39 is 30.1 Å². The Balaban J connectivity index is 1.70. The van der Waals surface area contributed by atoms with Crippen molar-refractivity contribution >= 4 is 24.0 Å². The van der Waals surface area contributed by atoms with Crippen molar-refractivity contribution in [1.29, 1.82) is 0 Å². The molecule has 2 N–H and O–H groups in total. The number of ether oxygens (including phenoxy) is 2. The van der Waals surface area contributed by atoms with Gasteiger partial charge in [-0.3, -0.25) is 9.59 Å². The van der Waals surface area contributed by atoms with E-state index in [1.165, 1.54) is 0 Å². The first-order valence-corrected chi connectivity index (χ1v) is 11.2. The van der Waals surface area contributed by atoms with Crippen LogP contribution in [0.25, 0.3) is 5.53 Å². The Bertz CT molecular complexity index is 1180. The molecule has 0 aliphatic carbocycles. The number of nitrogens with zero attached hydrogens (tertiary/aromatic N) is 2. The van der Waals surface area contributed by atoms with Gasteiger partial charge < -0.3 is 25.6 Å². The molecule has 3 aromatic rings. The van der Waals surface area contributed by atoms with E-state index in [1.807, 2.05) is 78.9 Å². The number of carbonyl (C=O) groups is 3. The van der Waals surface area contributed by atoms with Crippen LogP contribution in [-0.4, -0.2) is 41.1 Å². The van der Waals surface area contributed by atoms with Gasteiger partial charge in [0.05, 0.1) is 6.61 Å². The van der Waals surface area contributed by atoms with Crippen molar-refractivity contribution < 1.29 is 28.6 Å². The predicted octanol–water partition coefficient (Wildman–Crippen LogP) is 3.05. The molecule has 2 atom stereocenters. The summed E-state index contributed by atoms with van der Waals surface area (Å²) in [6.45, 7) is 0.0489. The van der Waals surface area contributed by atoms with Gasteiger partial charge in [0.15, 0.2) is 0 Å².